The summed E-state index contributed by atoms with van der Waals surface area (Å²) in [4.78, 5) is 32.6. The number of nitrogens with zero attached hydrogens (tertiary/aromatic N) is 1. The van der Waals surface area contributed by atoms with Crippen molar-refractivity contribution in [2.75, 3.05) is 5.32 Å². The third-order valence-electron chi connectivity index (χ3n) is 2.87. The third-order valence-corrected chi connectivity index (χ3v) is 2.87. The molecule has 8 heteroatoms. The maximum Gasteiger partial charge on any atom is 0.417 e. The van der Waals surface area contributed by atoms with Gasteiger partial charge in [0, 0.05) is 24.7 Å². The number of ether oxygens (including phenoxy) is 2. The fourth-order valence-electron chi connectivity index (χ4n) is 1.81. The van der Waals surface area contributed by atoms with E-state index in [1.165, 1.54) is 31.2 Å². The summed E-state index contributed by atoms with van der Waals surface area (Å²) in [6.45, 7) is 1.41. The maximum absolute atomic E-state index is 11.8. The van der Waals surface area contributed by atoms with Gasteiger partial charge in [0.15, 0.2) is 0 Å². The fourth-order valence-corrected chi connectivity index (χ4v) is 1.81. The highest BCUT2D eigenvalue weighted by atomic mass is 16.6. The molecule has 8 nitrogen and oxygen atoms in total. The van der Waals surface area contributed by atoms with Gasteiger partial charge < -0.3 is 9.47 Å². The van der Waals surface area contributed by atoms with Crippen LogP contribution in [0.5, 0.6) is 5.75 Å². The van der Waals surface area contributed by atoms with Crippen molar-refractivity contribution >= 4 is 23.4 Å². The van der Waals surface area contributed by atoms with E-state index in [0.29, 0.717) is 11.3 Å². The van der Waals surface area contributed by atoms with Crippen LogP contribution in [0.4, 0.5) is 16.2 Å². The van der Waals surface area contributed by atoms with Gasteiger partial charge >= 0.3 is 12.1 Å². The van der Waals surface area contributed by atoms with Crippen LogP contribution in [0.3, 0.4) is 0 Å². The summed E-state index contributed by atoms with van der Waals surface area (Å²) in [5.74, 6) is -0.222. The number of anilines is 1. The Morgan fingerprint density at radius 3 is 2.50 bits per heavy atom. The van der Waals surface area contributed by atoms with E-state index in [4.69, 9.17) is 9.47 Å². The molecule has 0 unspecified atom stereocenters. The minimum atomic E-state index is -0.742. The molecule has 0 atom stereocenters. The lowest BCUT2D eigenvalue weighted by atomic mass is 10.2. The van der Waals surface area contributed by atoms with Gasteiger partial charge in [0.2, 0.25) is 0 Å². The molecule has 0 radical (unpaired) electrons. The van der Waals surface area contributed by atoms with Gasteiger partial charge in [-0.1, -0.05) is 12.1 Å². The Morgan fingerprint density at radius 2 is 1.88 bits per heavy atom. The molecule has 0 aliphatic carbocycles. The number of carbonyl (C=O) groups is 2. The summed E-state index contributed by atoms with van der Waals surface area (Å²) in [7, 11) is 0. The van der Waals surface area contributed by atoms with Crippen molar-refractivity contribution < 1.29 is 24.0 Å². The Hall–Kier alpha value is -3.42. The Bertz CT molecular complexity index is 757. The van der Waals surface area contributed by atoms with Gasteiger partial charge in [-0.05, 0) is 29.8 Å². The van der Waals surface area contributed by atoms with Crippen LogP contribution in [0.15, 0.2) is 48.5 Å². The van der Waals surface area contributed by atoms with E-state index in [-0.39, 0.29) is 18.0 Å². The first-order valence-electron chi connectivity index (χ1n) is 6.89. The van der Waals surface area contributed by atoms with Crippen LogP contribution in [-0.2, 0) is 16.1 Å². The minimum absolute atomic E-state index is 0.0964. The molecule has 1 amide bonds. The quantitative estimate of drug-likeness (QED) is 0.512. The molecule has 0 saturated heterocycles. The molecule has 0 saturated carbocycles. The van der Waals surface area contributed by atoms with Gasteiger partial charge in [0.25, 0.3) is 5.69 Å². The fraction of sp³-hybridized carbons (Fsp3) is 0.125. The standard InChI is InChI=1S/C16H14N2O6/c1-11(19)23-10-12-3-2-4-13(9-12)17-16(20)24-15-7-5-14(6-8-15)18(21)22/h2-9H,10H2,1H3,(H,17,20). The van der Waals surface area contributed by atoms with Crippen LogP contribution in [0, 0.1) is 10.1 Å². The average molecular weight is 330 g/mol. The molecule has 0 bridgehead atoms. The van der Waals surface area contributed by atoms with E-state index in [1.54, 1.807) is 24.3 Å². The Morgan fingerprint density at radius 1 is 1.17 bits per heavy atom. The molecular formula is C16H14N2O6. The topological polar surface area (TPSA) is 108 Å². The minimum Gasteiger partial charge on any atom is -0.461 e. The van der Waals surface area contributed by atoms with Gasteiger partial charge in [0.05, 0.1) is 4.92 Å². The normalized spacial score (nSPS) is 9.88. The van der Waals surface area contributed by atoms with Crippen molar-refractivity contribution in [1.82, 2.24) is 0 Å². The van der Waals surface area contributed by atoms with Crippen molar-refractivity contribution in [3.05, 3.63) is 64.2 Å². The lowest BCUT2D eigenvalue weighted by Gasteiger charge is -2.08. The van der Waals surface area contributed by atoms with Crippen LogP contribution in [0.1, 0.15) is 12.5 Å². The molecule has 1 N–H and O–H groups in total. The molecule has 0 aromatic heterocycles. The van der Waals surface area contributed by atoms with E-state index < -0.39 is 17.0 Å². The smallest absolute Gasteiger partial charge is 0.417 e. The first-order chi connectivity index (χ1) is 11.4. The summed E-state index contributed by atoms with van der Waals surface area (Å²) in [5.41, 5.74) is 1.07. The molecule has 0 aliphatic heterocycles. The molecule has 124 valence electrons. The van der Waals surface area contributed by atoms with Crippen molar-refractivity contribution in [2.24, 2.45) is 0 Å². The number of rotatable bonds is 5. The highest BCUT2D eigenvalue weighted by Gasteiger charge is 2.09. The zero-order valence-electron chi connectivity index (χ0n) is 12.7. The molecule has 2 aromatic rings. The second-order valence-corrected chi connectivity index (χ2v) is 4.75. The highest BCUT2D eigenvalue weighted by Crippen LogP contribution is 2.18. The predicted octanol–water partition coefficient (Wildman–Crippen LogP) is 3.27. The molecule has 0 aliphatic rings. The number of nitrogens with one attached hydrogen (secondary N) is 1. The van der Waals surface area contributed by atoms with Gasteiger partial charge in [-0.25, -0.2) is 4.79 Å². The van der Waals surface area contributed by atoms with E-state index >= 15 is 0 Å². The van der Waals surface area contributed by atoms with E-state index in [2.05, 4.69) is 5.32 Å². The lowest BCUT2D eigenvalue weighted by molar-refractivity contribution is -0.384. The molecule has 0 heterocycles. The summed E-state index contributed by atoms with van der Waals surface area (Å²) in [5, 5.41) is 13.1. The molecule has 0 spiro atoms. The largest absolute Gasteiger partial charge is 0.461 e. The van der Waals surface area contributed by atoms with Crippen LogP contribution in [0.25, 0.3) is 0 Å². The molecule has 2 rings (SSSR count). The van der Waals surface area contributed by atoms with Crippen LogP contribution < -0.4 is 10.1 Å². The zero-order chi connectivity index (χ0) is 17.5. The number of carbonyl (C=O) groups excluding carboxylic acids is 2. The van der Waals surface area contributed by atoms with E-state index in [0.717, 1.165) is 0 Å². The lowest BCUT2D eigenvalue weighted by Crippen LogP contribution is -2.16. The Labute approximate surface area is 137 Å². The number of nitro benzene ring substituents is 1. The van der Waals surface area contributed by atoms with Gasteiger partial charge in [-0.3, -0.25) is 20.2 Å². The summed E-state index contributed by atoms with van der Waals surface area (Å²) >= 11 is 0. The van der Waals surface area contributed by atoms with Gasteiger partial charge in [0.1, 0.15) is 12.4 Å². The van der Waals surface area contributed by atoms with Crippen molar-refractivity contribution in [3.8, 4) is 5.75 Å². The SMILES string of the molecule is CC(=O)OCc1cccc(NC(=O)Oc2ccc([N+](=O)[O-])cc2)c1. The first-order valence-corrected chi connectivity index (χ1v) is 6.89. The monoisotopic (exact) mass is 330 g/mol. The second-order valence-electron chi connectivity index (χ2n) is 4.75. The number of non-ortho nitro benzene ring substituents is 1. The number of benzene rings is 2. The van der Waals surface area contributed by atoms with Crippen molar-refractivity contribution in [1.29, 1.82) is 0 Å². The average Bonchev–Trinajstić information content (AvgIpc) is 2.53. The number of esters is 1. The molecular weight excluding hydrogens is 316 g/mol. The third kappa shape index (κ3) is 5.09. The maximum atomic E-state index is 11.8. The van der Waals surface area contributed by atoms with E-state index in [1.807, 2.05) is 0 Å². The molecule has 2 aromatic carbocycles. The number of nitro groups is 1. The number of amides is 1. The van der Waals surface area contributed by atoms with Crippen molar-refractivity contribution in [3.63, 3.8) is 0 Å². The highest BCUT2D eigenvalue weighted by molar-refractivity contribution is 5.86. The zero-order valence-corrected chi connectivity index (χ0v) is 12.7. The predicted molar refractivity (Wildman–Crippen MR) is 84.7 cm³/mol. The second kappa shape index (κ2) is 7.73. The summed E-state index contributed by atoms with van der Waals surface area (Å²) in [6.07, 6.45) is -0.742. The molecule has 0 fully saturated rings. The first kappa shape index (κ1) is 16.9. The Kier molecular flexibility index (Phi) is 5.45. The van der Waals surface area contributed by atoms with Crippen LogP contribution >= 0.6 is 0 Å². The van der Waals surface area contributed by atoms with E-state index in [9.17, 15) is 19.7 Å². The van der Waals surface area contributed by atoms with Crippen molar-refractivity contribution in [2.45, 2.75) is 13.5 Å². The number of hydrogen-bond donors (Lipinski definition) is 1. The van der Waals surface area contributed by atoms with Gasteiger partial charge in [-0.2, -0.15) is 0 Å². The van der Waals surface area contributed by atoms with Crippen LogP contribution in [-0.4, -0.2) is 17.0 Å². The van der Waals surface area contributed by atoms with Gasteiger partial charge in [-0.15, -0.1) is 0 Å². The summed E-state index contributed by atoms with van der Waals surface area (Å²) in [6, 6.07) is 11.9. The Balaban J connectivity index is 1.95. The number of hydrogen-bond acceptors (Lipinski definition) is 6. The summed E-state index contributed by atoms with van der Waals surface area (Å²) < 4.78 is 9.91. The van der Waals surface area contributed by atoms with Crippen LogP contribution in [0.2, 0.25) is 0 Å². The molecule has 24 heavy (non-hydrogen) atoms.